The fourth-order valence-electron chi connectivity index (χ4n) is 10.9. The number of hydrogen-bond acceptors (Lipinski definition) is 7. The Labute approximate surface area is 259 Å². The Hall–Kier alpha value is -1.89. The molecule has 4 aliphatic rings. The molecule has 0 unspecified atom stereocenters. The molecular formula is C36H58O7. The predicted octanol–water partition coefficient (Wildman–Crippen LogP) is 7.18. The molecule has 0 aromatic carbocycles. The third-order valence-corrected chi connectivity index (χ3v) is 13.1. The van der Waals surface area contributed by atoms with Crippen LogP contribution in [0, 0.1) is 45.3 Å². The summed E-state index contributed by atoms with van der Waals surface area (Å²) in [5.74, 6) is 0.449. The van der Waals surface area contributed by atoms with E-state index in [2.05, 4.69) is 47.6 Å². The number of carbonyl (C=O) groups is 3. The van der Waals surface area contributed by atoms with Crippen molar-refractivity contribution in [1.29, 1.82) is 0 Å². The van der Waals surface area contributed by atoms with Gasteiger partial charge in [0.1, 0.15) is 12.2 Å². The van der Waals surface area contributed by atoms with Crippen LogP contribution in [-0.2, 0) is 28.6 Å². The third-order valence-electron chi connectivity index (χ3n) is 13.1. The summed E-state index contributed by atoms with van der Waals surface area (Å²) in [7, 11) is 0. The van der Waals surface area contributed by atoms with Gasteiger partial charge in [0.2, 0.25) is 0 Å². The van der Waals surface area contributed by atoms with Crippen LogP contribution in [0.15, 0.2) is 11.6 Å². The molecule has 7 nitrogen and oxygen atoms in total. The predicted molar refractivity (Wildman–Crippen MR) is 166 cm³/mol. The topological polar surface area (TPSA) is 99.1 Å². The molecule has 0 aromatic heterocycles. The van der Waals surface area contributed by atoms with Gasteiger partial charge >= 0.3 is 17.9 Å². The van der Waals surface area contributed by atoms with Gasteiger partial charge in [0.25, 0.3) is 0 Å². The number of esters is 3. The summed E-state index contributed by atoms with van der Waals surface area (Å²) in [5.41, 5.74) is 0.514. The van der Waals surface area contributed by atoms with Crippen LogP contribution in [0.1, 0.15) is 128 Å². The van der Waals surface area contributed by atoms with Gasteiger partial charge in [0.05, 0.1) is 5.60 Å². The minimum absolute atomic E-state index is 0.0379. The SMILES string of the molecule is CC(=O)O[C@H]1CC[C@]2(C)[C@H]3CC[C@@]4(C)[C@H]([C@@H](C)C[C@@H](OC(C)=O)[C@H](OC(C)=O)C(C)(C)O)CC[C@]4(C)C3=CC[C@H]2C1(C)C. The fraction of sp³-hybridized carbons (Fsp3) is 0.861. The van der Waals surface area contributed by atoms with Crippen LogP contribution in [-0.4, -0.2) is 46.9 Å². The van der Waals surface area contributed by atoms with E-state index < -0.39 is 29.7 Å². The molecule has 3 saturated carbocycles. The van der Waals surface area contributed by atoms with Crippen LogP contribution in [0.4, 0.5) is 0 Å². The molecule has 0 saturated heterocycles. The molecule has 0 spiro atoms. The highest BCUT2D eigenvalue weighted by atomic mass is 16.6. The van der Waals surface area contributed by atoms with Crippen molar-refractivity contribution in [3.8, 4) is 0 Å². The largest absolute Gasteiger partial charge is 0.462 e. The van der Waals surface area contributed by atoms with E-state index in [1.165, 1.54) is 20.8 Å². The van der Waals surface area contributed by atoms with E-state index in [0.717, 1.165) is 44.9 Å². The highest BCUT2D eigenvalue weighted by Crippen LogP contribution is 2.73. The zero-order chi connectivity index (χ0) is 32.3. The first-order chi connectivity index (χ1) is 19.7. The molecule has 4 rings (SSSR count). The van der Waals surface area contributed by atoms with E-state index in [1.807, 2.05) is 0 Å². The lowest BCUT2D eigenvalue weighted by Crippen LogP contribution is -2.58. The Morgan fingerprint density at radius 1 is 0.930 bits per heavy atom. The molecule has 0 bridgehead atoms. The molecule has 7 heteroatoms. The third kappa shape index (κ3) is 5.81. The van der Waals surface area contributed by atoms with E-state index in [0.29, 0.717) is 24.2 Å². The second-order valence-corrected chi connectivity index (χ2v) is 16.4. The lowest BCUT2D eigenvalue weighted by Gasteiger charge is -2.64. The first kappa shape index (κ1) is 34.0. The fourth-order valence-corrected chi connectivity index (χ4v) is 10.9. The van der Waals surface area contributed by atoms with Crippen LogP contribution < -0.4 is 0 Å². The lowest BCUT2D eigenvalue weighted by molar-refractivity contribution is -0.187. The lowest BCUT2D eigenvalue weighted by atomic mass is 9.41. The highest BCUT2D eigenvalue weighted by Gasteiger charge is 2.65. The van der Waals surface area contributed by atoms with Gasteiger partial charge < -0.3 is 19.3 Å². The summed E-state index contributed by atoms with van der Waals surface area (Å²) >= 11 is 0. The summed E-state index contributed by atoms with van der Waals surface area (Å²) in [6, 6.07) is 0. The number of carbonyl (C=O) groups excluding carboxylic acids is 3. The number of allylic oxidation sites excluding steroid dienone is 2. The number of hydrogen-bond donors (Lipinski definition) is 1. The molecule has 4 aliphatic carbocycles. The molecule has 0 aliphatic heterocycles. The Morgan fingerprint density at radius 3 is 2.12 bits per heavy atom. The van der Waals surface area contributed by atoms with Gasteiger partial charge in [-0.25, -0.2) is 0 Å². The first-order valence-corrected chi connectivity index (χ1v) is 16.6. The van der Waals surface area contributed by atoms with E-state index in [-0.39, 0.29) is 39.7 Å². The van der Waals surface area contributed by atoms with Gasteiger partial charge in [0, 0.05) is 26.2 Å². The molecule has 244 valence electrons. The zero-order valence-electron chi connectivity index (χ0n) is 28.7. The van der Waals surface area contributed by atoms with Crippen LogP contribution in [0.2, 0.25) is 0 Å². The van der Waals surface area contributed by atoms with Gasteiger partial charge in [-0.1, -0.05) is 53.2 Å². The summed E-state index contributed by atoms with van der Waals surface area (Å²) in [5, 5.41) is 10.9. The monoisotopic (exact) mass is 602 g/mol. The number of fused-ring (bicyclic) bond motifs is 5. The summed E-state index contributed by atoms with van der Waals surface area (Å²) in [6.45, 7) is 21.8. The van der Waals surface area contributed by atoms with Gasteiger partial charge in [-0.3, -0.25) is 14.4 Å². The minimum atomic E-state index is -1.36. The Morgan fingerprint density at radius 2 is 1.56 bits per heavy atom. The second-order valence-electron chi connectivity index (χ2n) is 16.4. The maximum absolute atomic E-state index is 12.2. The molecule has 0 amide bonds. The molecule has 0 heterocycles. The van der Waals surface area contributed by atoms with Gasteiger partial charge in [-0.05, 0) is 105 Å². The van der Waals surface area contributed by atoms with Crippen molar-refractivity contribution in [2.24, 2.45) is 45.3 Å². The molecule has 10 atom stereocenters. The van der Waals surface area contributed by atoms with Crippen LogP contribution >= 0.6 is 0 Å². The van der Waals surface area contributed by atoms with Gasteiger partial charge in [-0.15, -0.1) is 0 Å². The van der Waals surface area contributed by atoms with Gasteiger partial charge in [-0.2, -0.15) is 0 Å². The van der Waals surface area contributed by atoms with Crippen molar-refractivity contribution in [2.45, 2.75) is 151 Å². The maximum Gasteiger partial charge on any atom is 0.303 e. The average molecular weight is 603 g/mol. The molecule has 1 N–H and O–H groups in total. The van der Waals surface area contributed by atoms with Crippen LogP contribution in [0.5, 0.6) is 0 Å². The van der Waals surface area contributed by atoms with Crippen molar-refractivity contribution >= 4 is 17.9 Å². The normalized spacial score (nSPS) is 38.7. The van der Waals surface area contributed by atoms with Crippen molar-refractivity contribution in [1.82, 2.24) is 0 Å². The van der Waals surface area contributed by atoms with Crippen molar-refractivity contribution in [3.63, 3.8) is 0 Å². The maximum atomic E-state index is 12.2. The Balaban J connectivity index is 1.61. The van der Waals surface area contributed by atoms with Crippen LogP contribution in [0.25, 0.3) is 0 Å². The van der Waals surface area contributed by atoms with Crippen LogP contribution in [0.3, 0.4) is 0 Å². The van der Waals surface area contributed by atoms with Gasteiger partial charge in [0.15, 0.2) is 6.10 Å². The van der Waals surface area contributed by atoms with Crippen molar-refractivity contribution in [3.05, 3.63) is 11.6 Å². The molecule has 3 fully saturated rings. The number of rotatable bonds is 8. The molecule has 0 radical (unpaired) electrons. The number of aliphatic hydroxyl groups is 1. The average Bonchev–Trinajstić information content (AvgIpc) is 3.14. The van der Waals surface area contributed by atoms with E-state index >= 15 is 0 Å². The molecular weight excluding hydrogens is 544 g/mol. The Bertz CT molecular complexity index is 1130. The zero-order valence-corrected chi connectivity index (χ0v) is 28.7. The first-order valence-electron chi connectivity index (χ1n) is 16.6. The van der Waals surface area contributed by atoms with E-state index in [4.69, 9.17) is 14.2 Å². The smallest absolute Gasteiger partial charge is 0.303 e. The second kappa shape index (κ2) is 11.5. The minimum Gasteiger partial charge on any atom is -0.462 e. The summed E-state index contributed by atoms with van der Waals surface area (Å²) in [4.78, 5) is 36.1. The number of ether oxygens (including phenoxy) is 3. The summed E-state index contributed by atoms with van der Waals surface area (Å²) in [6.07, 6.45) is 8.88. The highest BCUT2D eigenvalue weighted by molar-refractivity contribution is 5.67. The van der Waals surface area contributed by atoms with E-state index in [9.17, 15) is 19.5 Å². The Kier molecular flexibility index (Phi) is 9.07. The standard InChI is InChI=1S/C36H58O7/c1-21(20-28(41-22(2)37)31(33(7,8)40)43-24(4)39)25-14-18-36(11)27-12-13-29-32(5,6)30(42-23(3)38)16-17-34(29,9)26(27)15-19-35(25,36)10/h12,21,25-26,28-31,40H,13-20H2,1-11H3/t21-,25-,26-,28+,29-,30-,31-,34+,35-,36+/m0/s1. The summed E-state index contributed by atoms with van der Waals surface area (Å²) < 4.78 is 17.2. The quantitative estimate of drug-likeness (QED) is 0.178. The van der Waals surface area contributed by atoms with Crippen molar-refractivity contribution < 1.29 is 33.7 Å². The molecule has 0 aromatic rings. The molecule has 43 heavy (non-hydrogen) atoms. The van der Waals surface area contributed by atoms with E-state index in [1.54, 1.807) is 19.4 Å². The van der Waals surface area contributed by atoms with Crippen molar-refractivity contribution in [2.75, 3.05) is 0 Å².